The molecule has 0 spiro atoms. The molecule has 0 saturated carbocycles. The molecule has 1 heterocycles. The minimum absolute atomic E-state index is 0.200. The van der Waals surface area contributed by atoms with Crippen LogP contribution in [0.5, 0.6) is 0 Å². The first-order valence-electron chi connectivity index (χ1n) is 5.96. The van der Waals surface area contributed by atoms with Gasteiger partial charge in [0.25, 0.3) is 0 Å². The van der Waals surface area contributed by atoms with Gasteiger partial charge >= 0.3 is 7.12 Å². The number of hydrogen-bond donors (Lipinski definition) is 0. The summed E-state index contributed by atoms with van der Waals surface area (Å²) in [5.41, 5.74) is 0. The maximum absolute atomic E-state index is 5.23. The Balaban J connectivity index is 2.38. The van der Waals surface area contributed by atoms with Crippen LogP contribution in [0.2, 0.25) is 0 Å². The standard InChI is InChI=1S/C12H21BO2S/c1-4-5-6-7-8-11-9-10-12(16-11)13(14-2)15-3/h9-10H,4-8H2,1-3H3. The van der Waals surface area contributed by atoms with Crippen LogP contribution in [0.1, 0.15) is 37.5 Å². The Labute approximate surface area is 103 Å². The van der Waals surface area contributed by atoms with Crippen molar-refractivity contribution in [2.75, 3.05) is 14.2 Å². The number of rotatable bonds is 8. The van der Waals surface area contributed by atoms with Gasteiger partial charge in [0.15, 0.2) is 0 Å². The van der Waals surface area contributed by atoms with Crippen molar-refractivity contribution in [3.8, 4) is 0 Å². The summed E-state index contributed by atoms with van der Waals surface area (Å²) in [6, 6.07) is 4.30. The highest BCUT2D eigenvalue weighted by molar-refractivity contribution is 7.22. The molecule has 0 radical (unpaired) electrons. The lowest BCUT2D eigenvalue weighted by atomic mass is 9.88. The minimum Gasteiger partial charge on any atom is -0.410 e. The van der Waals surface area contributed by atoms with E-state index in [1.54, 1.807) is 25.6 Å². The van der Waals surface area contributed by atoms with Crippen molar-refractivity contribution >= 4 is 23.2 Å². The van der Waals surface area contributed by atoms with Gasteiger partial charge in [0, 0.05) is 23.9 Å². The fourth-order valence-corrected chi connectivity index (χ4v) is 2.82. The molecule has 0 aromatic carbocycles. The third kappa shape index (κ3) is 4.28. The summed E-state index contributed by atoms with van der Waals surface area (Å²) in [6.07, 6.45) is 6.45. The molecule has 0 saturated heterocycles. The average Bonchev–Trinajstić information content (AvgIpc) is 2.75. The van der Waals surface area contributed by atoms with Crippen molar-refractivity contribution in [1.82, 2.24) is 0 Å². The molecule has 16 heavy (non-hydrogen) atoms. The normalized spacial score (nSPS) is 10.7. The molecule has 0 N–H and O–H groups in total. The average molecular weight is 240 g/mol. The van der Waals surface area contributed by atoms with Gasteiger partial charge in [-0.25, -0.2) is 0 Å². The fraction of sp³-hybridized carbons (Fsp3) is 0.667. The van der Waals surface area contributed by atoms with E-state index >= 15 is 0 Å². The Hall–Kier alpha value is -0.315. The van der Waals surface area contributed by atoms with Gasteiger partial charge in [0.2, 0.25) is 0 Å². The summed E-state index contributed by atoms with van der Waals surface area (Å²) in [7, 11) is 3.15. The smallest absolute Gasteiger partial charge is 0.410 e. The Morgan fingerprint density at radius 2 is 1.88 bits per heavy atom. The van der Waals surface area contributed by atoms with Crippen LogP contribution in [0.25, 0.3) is 0 Å². The van der Waals surface area contributed by atoms with Crippen LogP contribution in [0, 0.1) is 0 Å². The van der Waals surface area contributed by atoms with E-state index < -0.39 is 0 Å². The molecule has 1 rings (SSSR count). The van der Waals surface area contributed by atoms with E-state index in [9.17, 15) is 0 Å². The van der Waals surface area contributed by atoms with Gasteiger partial charge in [-0.1, -0.05) is 32.3 Å². The molecular weight excluding hydrogens is 219 g/mol. The van der Waals surface area contributed by atoms with E-state index in [1.165, 1.54) is 37.0 Å². The van der Waals surface area contributed by atoms with E-state index in [0.717, 1.165) is 4.78 Å². The van der Waals surface area contributed by atoms with Gasteiger partial charge < -0.3 is 9.31 Å². The van der Waals surface area contributed by atoms with Gasteiger partial charge in [-0.15, -0.1) is 11.3 Å². The monoisotopic (exact) mass is 240 g/mol. The lowest BCUT2D eigenvalue weighted by molar-refractivity contribution is 0.292. The largest absolute Gasteiger partial charge is 0.504 e. The summed E-state index contributed by atoms with van der Waals surface area (Å²) < 4.78 is 11.6. The zero-order valence-electron chi connectivity index (χ0n) is 10.5. The van der Waals surface area contributed by atoms with Gasteiger partial charge in [0.1, 0.15) is 0 Å². The molecule has 0 amide bonds. The highest BCUT2D eigenvalue weighted by Crippen LogP contribution is 2.13. The number of unbranched alkanes of at least 4 members (excludes halogenated alkanes) is 3. The SMILES string of the molecule is CCCCCCc1ccc(B(OC)OC)s1. The summed E-state index contributed by atoms with van der Waals surface area (Å²) in [4.78, 5) is 1.44. The molecule has 2 nitrogen and oxygen atoms in total. The zero-order chi connectivity index (χ0) is 11.8. The summed E-state index contributed by atoms with van der Waals surface area (Å²) in [5, 5.41) is 0. The predicted molar refractivity (Wildman–Crippen MR) is 71.6 cm³/mol. The van der Waals surface area contributed by atoms with Crippen molar-refractivity contribution in [2.24, 2.45) is 0 Å². The molecule has 0 unspecified atom stereocenters. The van der Waals surface area contributed by atoms with Crippen LogP contribution in [0.4, 0.5) is 0 Å². The molecule has 0 bridgehead atoms. The van der Waals surface area contributed by atoms with Crippen molar-refractivity contribution in [3.05, 3.63) is 17.0 Å². The van der Waals surface area contributed by atoms with Crippen molar-refractivity contribution in [2.45, 2.75) is 39.0 Å². The second-order valence-electron chi connectivity index (χ2n) is 3.92. The predicted octanol–water partition coefficient (Wildman–Crippen LogP) is 2.86. The molecule has 0 atom stereocenters. The highest BCUT2D eigenvalue weighted by atomic mass is 32.1. The minimum atomic E-state index is -0.200. The van der Waals surface area contributed by atoms with Crippen LogP contribution < -0.4 is 4.78 Å². The molecule has 0 aliphatic carbocycles. The van der Waals surface area contributed by atoms with Crippen LogP contribution >= 0.6 is 11.3 Å². The summed E-state index contributed by atoms with van der Waals surface area (Å²) >= 11 is 1.80. The Morgan fingerprint density at radius 3 is 2.50 bits per heavy atom. The van der Waals surface area contributed by atoms with Crippen molar-refractivity contribution in [3.63, 3.8) is 0 Å². The van der Waals surface area contributed by atoms with Gasteiger partial charge in [-0.3, -0.25) is 0 Å². The zero-order valence-corrected chi connectivity index (χ0v) is 11.3. The van der Waals surface area contributed by atoms with E-state index in [-0.39, 0.29) is 7.12 Å². The summed E-state index contributed by atoms with van der Waals surface area (Å²) in [6.45, 7) is 2.24. The lowest BCUT2D eigenvalue weighted by Gasteiger charge is -2.04. The molecule has 0 aliphatic heterocycles. The Bertz CT molecular complexity index is 284. The second-order valence-corrected chi connectivity index (χ2v) is 5.12. The Morgan fingerprint density at radius 1 is 1.12 bits per heavy atom. The number of aryl methyl sites for hydroxylation is 1. The van der Waals surface area contributed by atoms with E-state index in [1.807, 2.05) is 0 Å². The lowest BCUT2D eigenvalue weighted by Crippen LogP contribution is -2.32. The second kappa shape index (κ2) is 7.88. The van der Waals surface area contributed by atoms with Crippen LogP contribution in [-0.4, -0.2) is 21.3 Å². The van der Waals surface area contributed by atoms with E-state index in [2.05, 4.69) is 19.1 Å². The molecule has 1 aromatic rings. The van der Waals surface area contributed by atoms with E-state index in [4.69, 9.17) is 9.31 Å². The van der Waals surface area contributed by atoms with Crippen LogP contribution in [-0.2, 0) is 15.7 Å². The number of thiophene rings is 1. The quantitative estimate of drug-likeness (QED) is 0.514. The topological polar surface area (TPSA) is 18.5 Å². The van der Waals surface area contributed by atoms with Gasteiger partial charge in [0.05, 0.1) is 0 Å². The third-order valence-electron chi connectivity index (χ3n) is 2.62. The fourth-order valence-electron chi connectivity index (χ4n) is 1.71. The molecule has 90 valence electrons. The molecular formula is C12H21BO2S. The first-order valence-corrected chi connectivity index (χ1v) is 6.77. The molecule has 4 heteroatoms. The third-order valence-corrected chi connectivity index (χ3v) is 3.79. The molecule has 0 aliphatic rings. The van der Waals surface area contributed by atoms with Crippen molar-refractivity contribution in [1.29, 1.82) is 0 Å². The molecule has 1 aromatic heterocycles. The van der Waals surface area contributed by atoms with Gasteiger partial charge in [-0.2, -0.15) is 0 Å². The Kier molecular flexibility index (Phi) is 6.77. The maximum atomic E-state index is 5.23. The molecule has 0 fully saturated rings. The first kappa shape index (κ1) is 13.7. The van der Waals surface area contributed by atoms with Crippen LogP contribution in [0.15, 0.2) is 12.1 Å². The van der Waals surface area contributed by atoms with Crippen molar-refractivity contribution < 1.29 is 9.31 Å². The maximum Gasteiger partial charge on any atom is 0.504 e. The van der Waals surface area contributed by atoms with E-state index in [0.29, 0.717) is 0 Å². The van der Waals surface area contributed by atoms with Gasteiger partial charge in [-0.05, 0) is 18.9 Å². The van der Waals surface area contributed by atoms with Crippen LogP contribution in [0.3, 0.4) is 0 Å². The first-order chi connectivity index (χ1) is 7.81. The summed E-state index contributed by atoms with van der Waals surface area (Å²) in [5.74, 6) is 0. The highest BCUT2D eigenvalue weighted by Gasteiger charge is 2.19. The number of hydrogen-bond acceptors (Lipinski definition) is 3.